The normalized spacial score (nSPS) is 19.2. The SMILES string of the molecule is CC(=O)N[C@H]1[C@H]([C@H](OCC(=O)NCCOCCN(CCOCCNC(=O)CO[C@@H]([C@@H]2OC(C(=O)O)=C[C@H](N=C(N)N)[C@H]2C)[C@H](O)CO)C(=O)CCOCCOCCOCCOCCOCCOCCOCCOCCON)[C@H](O)CO)OC(C(=O)O)=C[C@@H]1N=C(N)N. The Kier molecular flexibility index (Phi) is 44.7. The maximum atomic E-state index is 13.5. The number of nitrogens with two attached hydrogens (primary N) is 5. The fourth-order valence-corrected chi connectivity index (χ4v) is 8.42. The van der Waals surface area contributed by atoms with E-state index in [9.17, 15) is 59.4 Å². The quantitative estimate of drug-likeness (QED) is 0.0116. The molecule has 0 aromatic heterocycles. The zero-order valence-corrected chi connectivity index (χ0v) is 52.1. The number of guanidine groups is 2. The minimum atomic E-state index is -1.75. The van der Waals surface area contributed by atoms with Gasteiger partial charge >= 0.3 is 11.9 Å². The fourth-order valence-electron chi connectivity index (χ4n) is 8.42. The molecule has 0 aliphatic carbocycles. The Morgan fingerprint density at radius 1 is 0.543 bits per heavy atom. The van der Waals surface area contributed by atoms with Crippen LogP contribution in [0.3, 0.4) is 0 Å². The molecule has 92 heavy (non-hydrogen) atoms. The van der Waals surface area contributed by atoms with E-state index in [4.69, 9.17) is 95.1 Å². The molecule has 38 nitrogen and oxygen atoms in total. The van der Waals surface area contributed by atoms with Gasteiger partial charge in [0.15, 0.2) is 18.0 Å². The summed E-state index contributed by atoms with van der Waals surface area (Å²) < 4.78 is 77.6. The zero-order valence-electron chi connectivity index (χ0n) is 52.1. The first-order valence-corrected chi connectivity index (χ1v) is 29.6. The summed E-state index contributed by atoms with van der Waals surface area (Å²) >= 11 is 0. The molecule has 10 atom stereocenters. The van der Waals surface area contributed by atoms with Gasteiger partial charge in [0.25, 0.3) is 0 Å². The van der Waals surface area contributed by atoms with Gasteiger partial charge in [-0.05, 0) is 12.2 Å². The van der Waals surface area contributed by atoms with E-state index >= 15 is 0 Å². The lowest BCUT2D eigenvalue weighted by atomic mass is 9.87. The minimum Gasteiger partial charge on any atom is -0.480 e. The van der Waals surface area contributed by atoms with Crippen LogP contribution in [0, 0.1) is 5.92 Å². The van der Waals surface area contributed by atoms with Gasteiger partial charge in [-0.25, -0.2) is 25.5 Å². The number of amides is 4. The fraction of sp³-hybridized carbons (Fsp3) is 0.778. The van der Waals surface area contributed by atoms with Crippen molar-refractivity contribution in [1.29, 1.82) is 0 Å². The number of hydrogen-bond donors (Lipinski definition) is 14. The van der Waals surface area contributed by atoms with Crippen LogP contribution in [0.15, 0.2) is 33.7 Å². The summed E-state index contributed by atoms with van der Waals surface area (Å²) in [6, 6.07) is -3.35. The molecule has 19 N–H and O–H groups in total. The number of carbonyl (C=O) groups is 6. The second-order valence-corrected chi connectivity index (χ2v) is 19.9. The van der Waals surface area contributed by atoms with Crippen molar-refractivity contribution in [3.05, 3.63) is 23.7 Å². The van der Waals surface area contributed by atoms with E-state index in [1.807, 2.05) is 0 Å². The summed E-state index contributed by atoms with van der Waals surface area (Å²) in [5.74, 6) is -3.06. The number of aliphatic hydroxyl groups excluding tert-OH is 4. The molecule has 0 saturated heterocycles. The van der Waals surface area contributed by atoms with Gasteiger partial charge in [0.2, 0.25) is 35.1 Å². The lowest BCUT2D eigenvalue weighted by molar-refractivity contribution is -0.160. The first-order chi connectivity index (χ1) is 44.2. The summed E-state index contributed by atoms with van der Waals surface area (Å²) in [6.07, 6.45) is -6.90. The lowest BCUT2D eigenvalue weighted by Gasteiger charge is -2.40. The third-order valence-corrected chi connectivity index (χ3v) is 12.8. The van der Waals surface area contributed by atoms with Crippen LogP contribution in [0.2, 0.25) is 0 Å². The van der Waals surface area contributed by atoms with Crippen LogP contribution in [0.5, 0.6) is 0 Å². The number of hydrogen-bond acceptors (Lipinski definition) is 28. The number of aliphatic imine (C=N–C) groups is 2. The summed E-state index contributed by atoms with van der Waals surface area (Å²) in [4.78, 5) is 89.0. The van der Waals surface area contributed by atoms with Crippen LogP contribution in [0.25, 0.3) is 0 Å². The minimum absolute atomic E-state index is 0.00479. The Morgan fingerprint density at radius 3 is 1.28 bits per heavy atom. The Morgan fingerprint density at radius 2 is 0.902 bits per heavy atom. The molecule has 2 aliphatic heterocycles. The molecule has 4 amide bonds. The molecule has 0 radical (unpaired) electrons. The number of carboxylic acids is 2. The topological polar surface area (TPSA) is 556 Å². The average Bonchev–Trinajstić information content (AvgIpc) is 0.830. The molecule has 2 aliphatic rings. The molecule has 0 aromatic carbocycles. The number of aliphatic hydroxyl groups is 4. The number of aliphatic carboxylic acids is 2. The first-order valence-electron chi connectivity index (χ1n) is 29.6. The van der Waals surface area contributed by atoms with Crippen molar-refractivity contribution >= 4 is 47.5 Å². The van der Waals surface area contributed by atoms with E-state index in [1.165, 1.54) is 11.0 Å². The molecule has 0 fully saturated rings. The third kappa shape index (κ3) is 36.2. The Balaban J connectivity index is 1.85. The second-order valence-electron chi connectivity index (χ2n) is 19.9. The van der Waals surface area contributed by atoms with Crippen molar-refractivity contribution < 1.29 is 131 Å². The molecular weight excluding hydrogens is 1230 g/mol. The van der Waals surface area contributed by atoms with Crippen molar-refractivity contribution in [2.75, 3.05) is 191 Å². The maximum Gasteiger partial charge on any atom is 0.370 e. The molecule has 0 bridgehead atoms. The molecule has 0 spiro atoms. The molecule has 2 heterocycles. The Bertz CT molecular complexity index is 2220. The van der Waals surface area contributed by atoms with E-state index in [0.717, 1.165) is 13.0 Å². The highest BCUT2D eigenvalue weighted by molar-refractivity contribution is 5.86. The number of rotatable bonds is 56. The molecule has 0 unspecified atom stereocenters. The van der Waals surface area contributed by atoms with Crippen LogP contribution in [0.1, 0.15) is 20.3 Å². The second kappa shape index (κ2) is 50.2. The molecule has 0 saturated carbocycles. The molecule has 2 rings (SSSR count). The molecular formula is C54H97N11O27. The van der Waals surface area contributed by atoms with Gasteiger partial charge in [0, 0.05) is 39.0 Å². The third-order valence-electron chi connectivity index (χ3n) is 12.8. The van der Waals surface area contributed by atoms with Crippen LogP contribution in [-0.2, 0) is 99.9 Å². The van der Waals surface area contributed by atoms with Crippen LogP contribution in [0.4, 0.5) is 0 Å². The summed E-state index contributed by atoms with van der Waals surface area (Å²) in [5, 5.41) is 68.0. The van der Waals surface area contributed by atoms with Gasteiger partial charge in [-0.3, -0.25) is 19.2 Å². The van der Waals surface area contributed by atoms with Crippen molar-refractivity contribution in [3.63, 3.8) is 0 Å². The average molecular weight is 1330 g/mol. The van der Waals surface area contributed by atoms with Gasteiger partial charge in [-0.15, -0.1) is 0 Å². The van der Waals surface area contributed by atoms with Gasteiger partial charge in [-0.2, -0.15) is 0 Å². The monoisotopic (exact) mass is 1330 g/mol. The van der Waals surface area contributed by atoms with E-state index < -0.39 is 134 Å². The van der Waals surface area contributed by atoms with Gasteiger partial charge in [-0.1, -0.05) is 6.92 Å². The molecule has 38 heteroatoms. The number of nitrogens with one attached hydrogen (secondary N) is 3. The highest BCUT2D eigenvalue weighted by Crippen LogP contribution is 2.31. The number of carboxylic acid groups (broad SMARTS) is 2. The first kappa shape index (κ1) is 81.8. The van der Waals surface area contributed by atoms with Crippen molar-refractivity contribution in [2.45, 2.75) is 75.0 Å². The molecule has 0 aromatic rings. The maximum absolute atomic E-state index is 13.5. The highest BCUT2D eigenvalue weighted by atomic mass is 16.6. The van der Waals surface area contributed by atoms with Crippen molar-refractivity contribution in [2.24, 2.45) is 44.7 Å². The number of carbonyl (C=O) groups excluding carboxylic acids is 4. The van der Waals surface area contributed by atoms with Crippen molar-refractivity contribution in [3.8, 4) is 0 Å². The smallest absolute Gasteiger partial charge is 0.370 e. The number of nitrogens with zero attached hydrogens (tertiary/aromatic N) is 3. The van der Waals surface area contributed by atoms with Crippen molar-refractivity contribution in [1.82, 2.24) is 20.9 Å². The van der Waals surface area contributed by atoms with Crippen LogP contribution >= 0.6 is 0 Å². The standard InChI is InChI=1S/C54H97N11O27/c1-35-37(63-53(55)56)29-41(51(74)75)91-47(35)48(39(69)31-66)88-33-43(71)60-4-9-79-11-6-65(45(73)3-8-78-13-14-81-15-16-82-17-18-83-19-20-84-21-22-85-23-24-86-25-26-87-27-28-90-59)7-12-80-10-5-61-44(72)34-89-49(40(70)32-67)50-46(62-36(2)68)38(64-54(57)58)30-42(92-50)52(76)77/h29-30,35,37-40,46-50,66-67,69-70H,3-28,31-34,59H2,1-2H3,(H,60,71)(H,61,72)(H,62,68)(H,74,75)(H,76,77)(H4,55,56,63)(H4,57,58,64)/t35-,37+,38+,39-,40-,46-,47-,48-,49-,50-/m1/s1. The lowest BCUT2D eigenvalue weighted by Crippen LogP contribution is -2.60. The zero-order chi connectivity index (χ0) is 67.9. The summed E-state index contributed by atoms with van der Waals surface area (Å²) in [5.41, 5.74) is 22.2. The number of ether oxygens (including phenoxy) is 14. The highest BCUT2D eigenvalue weighted by Gasteiger charge is 2.46. The largest absolute Gasteiger partial charge is 0.480 e. The molecule has 530 valence electrons. The van der Waals surface area contributed by atoms with Gasteiger partial charge < -0.3 is 146 Å². The Labute approximate surface area is 532 Å². The van der Waals surface area contributed by atoms with E-state index in [0.29, 0.717) is 92.5 Å². The van der Waals surface area contributed by atoms with E-state index in [2.05, 4.69) is 30.8 Å². The predicted octanol–water partition coefficient (Wildman–Crippen LogP) is -7.87. The summed E-state index contributed by atoms with van der Waals surface area (Å²) in [7, 11) is 0. The van der Waals surface area contributed by atoms with Gasteiger partial charge in [0.1, 0.15) is 43.7 Å². The Hall–Kier alpha value is -6.28. The van der Waals surface area contributed by atoms with E-state index in [-0.39, 0.29) is 90.7 Å². The summed E-state index contributed by atoms with van der Waals surface area (Å²) in [6.45, 7) is 5.54. The predicted molar refractivity (Wildman–Crippen MR) is 318 cm³/mol. The van der Waals surface area contributed by atoms with E-state index in [1.54, 1.807) is 6.92 Å². The van der Waals surface area contributed by atoms with Gasteiger partial charge in [0.05, 0.1) is 177 Å². The van der Waals surface area contributed by atoms with Crippen LogP contribution < -0.4 is 44.8 Å². The van der Waals surface area contributed by atoms with Crippen LogP contribution in [-0.4, -0.2) is 329 Å².